The number of rotatable bonds is 3. The van der Waals surface area contributed by atoms with Crippen LogP contribution in [0.2, 0.25) is 0 Å². The van der Waals surface area contributed by atoms with Crippen molar-refractivity contribution >= 4 is 27.5 Å². The lowest BCUT2D eigenvalue weighted by molar-refractivity contribution is -0.135. The zero-order valence-electron chi connectivity index (χ0n) is 11.5. The number of aliphatic hydroxyl groups is 1. The summed E-state index contributed by atoms with van der Waals surface area (Å²) in [6.45, 7) is 0. The second-order valence-corrected chi connectivity index (χ2v) is 6.28. The van der Waals surface area contributed by atoms with Crippen molar-refractivity contribution in [2.24, 2.45) is 0 Å². The van der Waals surface area contributed by atoms with Gasteiger partial charge >= 0.3 is 0 Å². The van der Waals surface area contributed by atoms with E-state index < -0.39 is 23.0 Å². The average Bonchev–Trinajstić information content (AvgIpc) is 2.71. The lowest BCUT2D eigenvalue weighted by Crippen LogP contribution is -2.34. The van der Waals surface area contributed by atoms with Crippen molar-refractivity contribution in [1.82, 2.24) is 0 Å². The Morgan fingerprint density at radius 3 is 2.59 bits per heavy atom. The molecule has 0 amide bonds. The van der Waals surface area contributed by atoms with E-state index in [0.29, 0.717) is 5.56 Å². The van der Waals surface area contributed by atoms with E-state index in [1.54, 1.807) is 18.2 Å². The zero-order valence-corrected chi connectivity index (χ0v) is 13.1. The summed E-state index contributed by atoms with van der Waals surface area (Å²) < 4.78 is 13.6. The molecule has 3 nitrogen and oxygen atoms in total. The van der Waals surface area contributed by atoms with Gasteiger partial charge in [0.15, 0.2) is 17.2 Å². The maximum Gasteiger partial charge on any atom is 0.173 e. The highest BCUT2D eigenvalue weighted by Gasteiger charge is 2.46. The summed E-state index contributed by atoms with van der Waals surface area (Å²) in [5, 5.41) is 10.8. The van der Waals surface area contributed by atoms with Crippen LogP contribution in [0, 0.1) is 5.82 Å². The van der Waals surface area contributed by atoms with Gasteiger partial charge in [0, 0.05) is 16.5 Å². The third kappa shape index (κ3) is 2.51. The average molecular weight is 363 g/mol. The molecule has 1 aliphatic rings. The van der Waals surface area contributed by atoms with E-state index in [2.05, 4.69) is 15.9 Å². The van der Waals surface area contributed by atoms with Gasteiger partial charge in [-0.05, 0) is 47.5 Å². The summed E-state index contributed by atoms with van der Waals surface area (Å²) >= 11 is 3.31. The van der Waals surface area contributed by atoms with Crippen molar-refractivity contribution in [3.05, 3.63) is 69.4 Å². The van der Waals surface area contributed by atoms with Crippen LogP contribution in [-0.2, 0) is 16.8 Å². The normalized spacial score (nSPS) is 20.0. The first kappa shape index (κ1) is 15.1. The van der Waals surface area contributed by atoms with Gasteiger partial charge in [-0.25, -0.2) is 4.39 Å². The first-order chi connectivity index (χ1) is 10.4. The molecule has 3 rings (SSSR count). The van der Waals surface area contributed by atoms with Crippen LogP contribution in [0.15, 0.2) is 46.9 Å². The van der Waals surface area contributed by atoms with E-state index >= 15 is 0 Å². The fourth-order valence-corrected chi connectivity index (χ4v) is 3.08. The molecule has 5 heteroatoms. The lowest BCUT2D eigenvalue weighted by Gasteiger charge is -2.22. The van der Waals surface area contributed by atoms with Crippen LogP contribution in [-0.4, -0.2) is 16.7 Å². The van der Waals surface area contributed by atoms with Gasteiger partial charge in [0.05, 0.1) is 6.42 Å². The molecule has 0 aromatic heterocycles. The van der Waals surface area contributed by atoms with Crippen LogP contribution >= 0.6 is 15.9 Å². The van der Waals surface area contributed by atoms with E-state index in [-0.39, 0.29) is 18.4 Å². The Labute approximate surface area is 134 Å². The van der Waals surface area contributed by atoms with Crippen LogP contribution in [0.25, 0.3) is 0 Å². The summed E-state index contributed by atoms with van der Waals surface area (Å²) in [4.78, 5) is 24.5. The highest BCUT2D eigenvalue weighted by molar-refractivity contribution is 9.10. The minimum absolute atomic E-state index is 0.107. The monoisotopic (exact) mass is 362 g/mol. The van der Waals surface area contributed by atoms with Crippen molar-refractivity contribution in [3.8, 4) is 0 Å². The number of Topliss-reactive ketones (excluding diaryl/α,β-unsaturated/α-hetero) is 2. The van der Waals surface area contributed by atoms with E-state index in [9.17, 15) is 19.1 Å². The Morgan fingerprint density at radius 1 is 1.23 bits per heavy atom. The summed E-state index contributed by atoms with van der Waals surface area (Å²) in [6, 6.07) is 10.3. The highest BCUT2D eigenvalue weighted by Crippen LogP contribution is 2.39. The van der Waals surface area contributed by atoms with E-state index in [0.717, 1.165) is 10.0 Å². The van der Waals surface area contributed by atoms with E-state index in [4.69, 9.17) is 0 Å². The van der Waals surface area contributed by atoms with Crippen molar-refractivity contribution in [2.45, 2.75) is 18.4 Å². The number of hydrogen-bond acceptors (Lipinski definition) is 3. The molecule has 0 bridgehead atoms. The van der Waals surface area contributed by atoms with Gasteiger partial charge in [-0.3, -0.25) is 9.59 Å². The van der Waals surface area contributed by atoms with E-state index in [1.807, 2.05) is 0 Å². The predicted molar refractivity (Wildman–Crippen MR) is 82.1 cm³/mol. The second kappa shape index (κ2) is 5.41. The highest BCUT2D eigenvalue weighted by atomic mass is 79.9. The molecule has 0 aliphatic heterocycles. The maximum absolute atomic E-state index is 12.9. The van der Waals surface area contributed by atoms with E-state index in [1.165, 1.54) is 24.3 Å². The lowest BCUT2D eigenvalue weighted by atomic mass is 9.88. The summed E-state index contributed by atoms with van der Waals surface area (Å²) in [5.74, 6) is -1.23. The maximum atomic E-state index is 12.9. The van der Waals surface area contributed by atoms with Gasteiger partial charge in [0.25, 0.3) is 0 Å². The van der Waals surface area contributed by atoms with Crippen LogP contribution in [0.4, 0.5) is 4.39 Å². The molecule has 0 fully saturated rings. The fourth-order valence-electron chi connectivity index (χ4n) is 2.72. The first-order valence-electron chi connectivity index (χ1n) is 6.73. The third-order valence-corrected chi connectivity index (χ3v) is 4.41. The molecule has 1 N–H and O–H groups in total. The van der Waals surface area contributed by atoms with Crippen LogP contribution in [0.5, 0.6) is 0 Å². The van der Waals surface area contributed by atoms with Gasteiger partial charge in [-0.1, -0.05) is 22.0 Å². The van der Waals surface area contributed by atoms with Gasteiger partial charge < -0.3 is 5.11 Å². The molecule has 0 saturated heterocycles. The van der Waals surface area contributed by atoms with Crippen molar-refractivity contribution < 1.29 is 19.1 Å². The Bertz CT molecular complexity index is 770. The van der Waals surface area contributed by atoms with Crippen LogP contribution < -0.4 is 0 Å². The van der Waals surface area contributed by atoms with Crippen LogP contribution in [0.3, 0.4) is 0 Å². The second-order valence-electron chi connectivity index (χ2n) is 5.37. The van der Waals surface area contributed by atoms with Crippen LogP contribution in [0.1, 0.15) is 27.9 Å². The molecule has 2 aromatic rings. The van der Waals surface area contributed by atoms with Gasteiger partial charge in [-0.15, -0.1) is 0 Å². The SMILES string of the molecule is O=C(C[C@@]1(O)C(=O)Cc2ccc(Br)cc21)c1ccc(F)cc1. The molecule has 2 aromatic carbocycles. The van der Waals surface area contributed by atoms with Crippen molar-refractivity contribution in [3.63, 3.8) is 0 Å². The molecular formula is C17H12BrFO3. The van der Waals surface area contributed by atoms with Gasteiger partial charge in [0.2, 0.25) is 0 Å². The molecule has 1 aliphatic carbocycles. The first-order valence-corrected chi connectivity index (χ1v) is 7.53. The predicted octanol–water partition coefficient (Wildman–Crippen LogP) is 3.17. The number of ketones is 2. The Morgan fingerprint density at radius 2 is 1.91 bits per heavy atom. The fraction of sp³-hybridized carbons (Fsp3) is 0.176. The number of carbonyl (C=O) groups excluding carboxylic acids is 2. The minimum atomic E-state index is -1.81. The standard InChI is InChI=1S/C17H12BrFO3/c18-12-4-1-11-7-16(21)17(22,14(11)8-12)9-15(20)10-2-5-13(19)6-3-10/h1-6,8,22H,7,9H2/t17-/m0/s1. The molecule has 112 valence electrons. The Balaban J connectivity index is 1.94. The number of fused-ring (bicyclic) bond motifs is 1. The number of carbonyl (C=O) groups is 2. The third-order valence-electron chi connectivity index (χ3n) is 3.91. The summed E-state index contributed by atoms with van der Waals surface area (Å²) in [7, 11) is 0. The smallest absolute Gasteiger partial charge is 0.173 e. The van der Waals surface area contributed by atoms with Crippen molar-refractivity contribution in [2.75, 3.05) is 0 Å². The zero-order chi connectivity index (χ0) is 15.9. The largest absolute Gasteiger partial charge is 0.377 e. The summed E-state index contributed by atoms with van der Waals surface area (Å²) in [6.07, 6.45) is -0.239. The molecule has 0 saturated carbocycles. The Kier molecular flexibility index (Phi) is 3.70. The minimum Gasteiger partial charge on any atom is -0.377 e. The van der Waals surface area contributed by atoms with Gasteiger partial charge in [-0.2, -0.15) is 0 Å². The number of halogens is 2. The summed E-state index contributed by atoms with van der Waals surface area (Å²) in [5.41, 5.74) is -0.360. The number of hydrogen-bond donors (Lipinski definition) is 1. The van der Waals surface area contributed by atoms with Crippen molar-refractivity contribution in [1.29, 1.82) is 0 Å². The molecule has 0 heterocycles. The van der Waals surface area contributed by atoms with Gasteiger partial charge in [0.1, 0.15) is 5.82 Å². The molecule has 0 unspecified atom stereocenters. The molecule has 0 radical (unpaired) electrons. The molecular weight excluding hydrogens is 351 g/mol. The quantitative estimate of drug-likeness (QED) is 0.853. The number of benzene rings is 2. The topological polar surface area (TPSA) is 54.4 Å². The molecule has 0 spiro atoms. The molecule has 1 atom stereocenters. The molecule has 22 heavy (non-hydrogen) atoms. The Hall–Kier alpha value is -1.85.